The van der Waals surface area contributed by atoms with Crippen molar-refractivity contribution in [1.82, 2.24) is 4.57 Å². The van der Waals surface area contributed by atoms with Crippen molar-refractivity contribution in [3.8, 4) is 5.69 Å². The number of nitrogens with zero attached hydrogens (tertiary/aromatic N) is 1. The Hall–Kier alpha value is -2.07. The second-order valence-corrected chi connectivity index (χ2v) is 5.22. The average molecular weight is 330 g/mol. The topological polar surface area (TPSA) is 31.2 Å². The molecule has 0 atom stereocenters. The molecule has 0 aliphatic carbocycles. The van der Waals surface area contributed by atoms with E-state index in [9.17, 15) is 4.79 Å². The van der Waals surface area contributed by atoms with E-state index in [-0.39, 0.29) is 5.97 Å². The lowest BCUT2D eigenvalue weighted by atomic mass is 10.1. The largest absolute Gasteiger partial charge is 0.465 e. The first kappa shape index (κ1) is 12.9. The minimum absolute atomic E-state index is 0.336. The van der Waals surface area contributed by atoms with E-state index in [1.54, 1.807) is 6.07 Å². The Kier molecular flexibility index (Phi) is 3.32. The number of methoxy groups -OCH3 is 1. The van der Waals surface area contributed by atoms with Crippen LogP contribution < -0.4 is 0 Å². The highest BCUT2D eigenvalue weighted by atomic mass is 79.9. The van der Waals surface area contributed by atoms with E-state index in [1.807, 2.05) is 53.2 Å². The maximum absolute atomic E-state index is 11.9. The number of benzene rings is 2. The Balaban J connectivity index is 2.27. The predicted octanol–water partition coefficient (Wildman–Crippen LogP) is 4.18. The first-order valence-electron chi connectivity index (χ1n) is 6.15. The van der Waals surface area contributed by atoms with Gasteiger partial charge in [0.2, 0.25) is 0 Å². The number of para-hydroxylation sites is 1. The second kappa shape index (κ2) is 5.13. The lowest BCUT2D eigenvalue weighted by Crippen LogP contribution is -2.07. The molecule has 0 radical (unpaired) electrons. The lowest BCUT2D eigenvalue weighted by molar-refractivity contribution is 0.0601. The fourth-order valence-electron chi connectivity index (χ4n) is 2.31. The van der Waals surface area contributed by atoms with Gasteiger partial charge in [-0.15, -0.1) is 0 Å². The van der Waals surface area contributed by atoms with Crippen LogP contribution in [0.15, 0.2) is 59.2 Å². The number of hydrogen-bond acceptors (Lipinski definition) is 2. The maximum atomic E-state index is 11.9. The summed E-state index contributed by atoms with van der Waals surface area (Å²) in [7, 11) is 1.39. The van der Waals surface area contributed by atoms with Gasteiger partial charge in [-0.25, -0.2) is 4.79 Å². The molecule has 3 nitrogen and oxygen atoms in total. The highest BCUT2D eigenvalue weighted by Gasteiger charge is 2.14. The zero-order valence-electron chi connectivity index (χ0n) is 10.8. The fraction of sp³-hybridized carbons (Fsp3) is 0.0625. The lowest BCUT2D eigenvalue weighted by Gasteiger charge is -2.10. The molecule has 0 spiro atoms. The molecule has 20 heavy (non-hydrogen) atoms. The van der Waals surface area contributed by atoms with Crippen molar-refractivity contribution in [2.75, 3.05) is 7.11 Å². The molecule has 0 aliphatic heterocycles. The van der Waals surface area contributed by atoms with Crippen molar-refractivity contribution in [1.29, 1.82) is 0 Å². The van der Waals surface area contributed by atoms with Crippen LogP contribution in [0.5, 0.6) is 0 Å². The Morgan fingerprint density at radius 1 is 1.10 bits per heavy atom. The van der Waals surface area contributed by atoms with Crippen molar-refractivity contribution < 1.29 is 9.53 Å². The van der Waals surface area contributed by atoms with Gasteiger partial charge in [0.25, 0.3) is 0 Å². The highest BCUT2D eigenvalue weighted by molar-refractivity contribution is 9.10. The van der Waals surface area contributed by atoms with Crippen LogP contribution in [0.3, 0.4) is 0 Å². The molecule has 100 valence electrons. The number of carbonyl (C=O) groups is 1. The van der Waals surface area contributed by atoms with Gasteiger partial charge in [0.05, 0.1) is 23.9 Å². The van der Waals surface area contributed by atoms with Crippen LogP contribution in [0.1, 0.15) is 10.4 Å². The van der Waals surface area contributed by atoms with E-state index in [0.717, 1.165) is 21.1 Å². The van der Waals surface area contributed by atoms with Crippen molar-refractivity contribution in [2.24, 2.45) is 0 Å². The molecule has 0 amide bonds. The van der Waals surface area contributed by atoms with Crippen molar-refractivity contribution in [3.63, 3.8) is 0 Å². The SMILES string of the molecule is COC(=O)c1ccccc1-n1ccc2c(Br)cccc21. The average Bonchev–Trinajstić information content (AvgIpc) is 2.92. The number of aromatic nitrogens is 1. The number of esters is 1. The van der Waals surface area contributed by atoms with Gasteiger partial charge >= 0.3 is 5.97 Å². The molecule has 0 saturated carbocycles. The summed E-state index contributed by atoms with van der Waals surface area (Å²) < 4.78 is 7.87. The zero-order valence-corrected chi connectivity index (χ0v) is 12.4. The quantitative estimate of drug-likeness (QED) is 0.660. The summed E-state index contributed by atoms with van der Waals surface area (Å²) in [6.07, 6.45) is 1.96. The molecular weight excluding hydrogens is 318 g/mol. The van der Waals surface area contributed by atoms with Gasteiger partial charge in [-0.2, -0.15) is 0 Å². The molecule has 0 aliphatic rings. The minimum Gasteiger partial charge on any atom is -0.465 e. The molecule has 0 bridgehead atoms. The third-order valence-corrected chi connectivity index (χ3v) is 3.94. The maximum Gasteiger partial charge on any atom is 0.339 e. The van der Waals surface area contributed by atoms with Crippen LogP contribution in [0.4, 0.5) is 0 Å². The van der Waals surface area contributed by atoms with Crippen LogP contribution in [0, 0.1) is 0 Å². The molecule has 0 saturated heterocycles. The standard InChI is InChI=1S/C16H12BrNO2/c1-20-16(19)12-5-2-3-7-15(12)18-10-9-11-13(17)6-4-8-14(11)18/h2-10H,1H3. The van der Waals surface area contributed by atoms with Crippen molar-refractivity contribution in [3.05, 3.63) is 64.8 Å². The summed E-state index contributed by atoms with van der Waals surface area (Å²) in [5, 5.41) is 1.10. The number of halogens is 1. The number of rotatable bonds is 2. The summed E-state index contributed by atoms with van der Waals surface area (Å²) in [6, 6.07) is 15.4. The number of hydrogen-bond donors (Lipinski definition) is 0. The third kappa shape index (κ3) is 2.02. The predicted molar refractivity (Wildman–Crippen MR) is 82.3 cm³/mol. The zero-order chi connectivity index (χ0) is 14.1. The third-order valence-electron chi connectivity index (χ3n) is 3.25. The molecule has 3 aromatic rings. The summed E-state index contributed by atoms with van der Waals surface area (Å²) in [5.74, 6) is -0.336. The van der Waals surface area contributed by atoms with Crippen LogP contribution in [0.25, 0.3) is 16.6 Å². The smallest absolute Gasteiger partial charge is 0.339 e. The van der Waals surface area contributed by atoms with Gasteiger partial charge in [-0.1, -0.05) is 34.1 Å². The van der Waals surface area contributed by atoms with Gasteiger partial charge in [-0.05, 0) is 30.3 Å². The van der Waals surface area contributed by atoms with Crippen LogP contribution in [0.2, 0.25) is 0 Å². The monoisotopic (exact) mass is 329 g/mol. The fourth-order valence-corrected chi connectivity index (χ4v) is 2.79. The van der Waals surface area contributed by atoms with Crippen molar-refractivity contribution >= 4 is 32.8 Å². The first-order valence-corrected chi connectivity index (χ1v) is 6.95. The van der Waals surface area contributed by atoms with Gasteiger partial charge in [-0.3, -0.25) is 0 Å². The first-order chi connectivity index (χ1) is 9.72. The molecule has 1 aromatic heterocycles. The summed E-state index contributed by atoms with van der Waals surface area (Å²) >= 11 is 3.54. The molecule has 0 N–H and O–H groups in total. The summed E-state index contributed by atoms with van der Waals surface area (Å²) in [6.45, 7) is 0. The molecule has 2 aromatic carbocycles. The minimum atomic E-state index is -0.336. The Morgan fingerprint density at radius 2 is 1.90 bits per heavy atom. The second-order valence-electron chi connectivity index (χ2n) is 4.37. The van der Waals surface area contributed by atoms with E-state index in [1.165, 1.54) is 7.11 Å². The summed E-state index contributed by atoms with van der Waals surface area (Å²) in [5.41, 5.74) is 2.40. The van der Waals surface area contributed by atoms with E-state index >= 15 is 0 Å². The highest BCUT2D eigenvalue weighted by Crippen LogP contribution is 2.28. The normalized spacial score (nSPS) is 10.7. The van der Waals surface area contributed by atoms with Gasteiger partial charge < -0.3 is 9.30 Å². The van der Waals surface area contributed by atoms with Crippen molar-refractivity contribution in [2.45, 2.75) is 0 Å². The van der Waals surface area contributed by atoms with E-state index in [2.05, 4.69) is 15.9 Å². The van der Waals surface area contributed by atoms with Gasteiger partial charge in [0.1, 0.15) is 0 Å². The number of carbonyl (C=O) groups excluding carboxylic acids is 1. The Morgan fingerprint density at radius 3 is 2.70 bits per heavy atom. The molecule has 4 heteroatoms. The Bertz CT molecular complexity index is 792. The molecule has 3 rings (SSSR count). The Labute approximate surface area is 124 Å². The van der Waals surface area contributed by atoms with Gasteiger partial charge in [0.15, 0.2) is 0 Å². The van der Waals surface area contributed by atoms with E-state index in [4.69, 9.17) is 4.74 Å². The van der Waals surface area contributed by atoms with Gasteiger partial charge in [0, 0.05) is 16.1 Å². The molecule has 0 fully saturated rings. The van der Waals surface area contributed by atoms with Crippen LogP contribution in [-0.4, -0.2) is 17.6 Å². The van der Waals surface area contributed by atoms with Crippen LogP contribution >= 0.6 is 15.9 Å². The van der Waals surface area contributed by atoms with E-state index in [0.29, 0.717) is 5.56 Å². The molecule has 1 heterocycles. The van der Waals surface area contributed by atoms with Crippen LogP contribution in [-0.2, 0) is 4.74 Å². The summed E-state index contributed by atoms with van der Waals surface area (Å²) in [4.78, 5) is 11.9. The van der Waals surface area contributed by atoms with E-state index < -0.39 is 0 Å². The molecule has 0 unspecified atom stereocenters. The molecular formula is C16H12BrNO2. The number of fused-ring (bicyclic) bond motifs is 1. The number of ether oxygens (including phenoxy) is 1.